The second-order valence-corrected chi connectivity index (χ2v) is 9.90. The summed E-state index contributed by atoms with van der Waals surface area (Å²) in [6.07, 6.45) is 0.373. The van der Waals surface area contributed by atoms with E-state index in [1.807, 2.05) is 0 Å². The van der Waals surface area contributed by atoms with Crippen LogP contribution in [0.5, 0.6) is 0 Å². The molecule has 152 valence electrons. The largest absolute Gasteiger partial charge is 0.392 e. The molecule has 8 heteroatoms. The number of fused-ring (bicyclic) bond motifs is 2. The van der Waals surface area contributed by atoms with Crippen molar-refractivity contribution < 1.29 is 32.6 Å². The molecular formula is C20H24O7S. The SMILES string of the molecule is Cc1cc(C(=O)C2C(=O)CCCC2O)c(C)c2c1S(=O)(=O)CCC21OCCO1. The van der Waals surface area contributed by atoms with Gasteiger partial charge in [-0.15, -0.1) is 0 Å². The maximum atomic E-state index is 13.2. The summed E-state index contributed by atoms with van der Waals surface area (Å²) in [7, 11) is -3.54. The first-order chi connectivity index (χ1) is 13.2. The number of Topliss-reactive ketones (excluding diaryl/α,β-unsaturated/α-hetero) is 2. The third kappa shape index (κ3) is 2.85. The number of hydrogen-bond donors (Lipinski definition) is 1. The highest BCUT2D eigenvalue weighted by Crippen LogP contribution is 2.47. The number of rotatable bonds is 2. The lowest BCUT2D eigenvalue weighted by Crippen LogP contribution is -2.41. The number of aliphatic hydroxyl groups excluding tert-OH is 1. The minimum atomic E-state index is -3.54. The maximum absolute atomic E-state index is 13.2. The van der Waals surface area contributed by atoms with Gasteiger partial charge in [0.2, 0.25) is 0 Å². The highest BCUT2D eigenvalue weighted by molar-refractivity contribution is 7.91. The Bertz CT molecular complexity index is 957. The minimum absolute atomic E-state index is 0.0899. The van der Waals surface area contributed by atoms with Crippen LogP contribution in [0.15, 0.2) is 11.0 Å². The van der Waals surface area contributed by atoms with Crippen LogP contribution in [0, 0.1) is 19.8 Å². The lowest BCUT2D eigenvalue weighted by Gasteiger charge is -2.36. The average Bonchev–Trinajstić information content (AvgIpc) is 3.09. The molecule has 0 aromatic heterocycles. The van der Waals surface area contributed by atoms with Crippen LogP contribution >= 0.6 is 0 Å². The molecule has 0 bridgehead atoms. The quantitative estimate of drug-likeness (QED) is 0.585. The Hall–Kier alpha value is -1.61. The van der Waals surface area contributed by atoms with Gasteiger partial charge in [-0.2, -0.15) is 0 Å². The van der Waals surface area contributed by atoms with E-state index in [4.69, 9.17) is 9.47 Å². The third-order valence-electron chi connectivity index (χ3n) is 6.07. The number of ketones is 2. The van der Waals surface area contributed by atoms with E-state index in [-0.39, 0.29) is 34.8 Å². The number of carbonyl (C=O) groups is 2. The molecule has 1 saturated heterocycles. The molecule has 2 aliphatic heterocycles. The first-order valence-corrected chi connectivity index (χ1v) is 11.2. The summed E-state index contributed by atoms with van der Waals surface area (Å²) in [5.41, 5.74) is 1.50. The second-order valence-electron chi connectivity index (χ2n) is 7.86. The van der Waals surface area contributed by atoms with Gasteiger partial charge in [0.15, 0.2) is 21.4 Å². The molecule has 1 saturated carbocycles. The van der Waals surface area contributed by atoms with Crippen molar-refractivity contribution in [2.24, 2.45) is 5.92 Å². The van der Waals surface area contributed by atoms with Crippen molar-refractivity contribution in [1.29, 1.82) is 0 Å². The highest BCUT2D eigenvalue weighted by atomic mass is 32.2. The number of sulfone groups is 1. The van der Waals surface area contributed by atoms with Gasteiger partial charge in [0.05, 0.1) is 30.0 Å². The van der Waals surface area contributed by atoms with Crippen LogP contribution in [-0.4, -0.2) is 50.2 Å². The van der Waals surface area contributed by atoms with E-state index in [2.05, 4.69) is 0 Å². The van der Waals surface area contributed by atoms with Gasteiger partial charge in [-0.1, -0.05) is 0 Å². The van der Waals surface area contributed by atoms with Gasteiger partial charge in [0, 0.05) is 24.0 Å². The van der Waals surface area contributed by atoms with Crippen molar-refractivity contribution in [2.75, 3.05) is 19.0 Å². The molecule has 0 radical (unpaired) electrons. The standard InChI is InChI=1S/C20H24O7S/c1-11-10-13(18(23)16-14(21)4-3-5-15(16)22)12(2)17-19(11)28(24,25)9-6-20(17)26-7-8-27-20/h10,14,16,21H,3-9H2,1-2H3. The number of hydrogen-bond acceptors (Lipinski definition) is 7. The van der Waals surface area contributed by atoms with Crippen LogP contribution in [-0.2, 0) is 29.9 Å². The van der Waals surface area contributed by atoms with Gasteiger partial charge in [-0.3, -0.25) is 9.59 Å². The summed E-state index contributed by atoms with van der Waals surface area (Å²) < 4.78 is 37.3. The van der Waals surface area contributed by atoms with Crippen LogP contribution in [0.25, 0.3) is 0 Å². The summed E-state index contributed by atoms with van der Waals surface area (Å²) >= 11 is 0. The van der Waals surface area contributed by atoms with Crippen molar-refractivity contribution in [3.05, 3.63) is 28.3 Å². The van der Waals surface area contributed by atoms with Gasteiger partial charge in [-0.25, -0.2) is 8.42 Å². The van der Waals surface area contributed by atoms with Gasteiger partial charge in [0.25, 0.3) is 0 Å². The Morgan fingerprint density at radius 3 is 2.57 bits per heavy atom. The van der Waals surface area contributed by atoms with Crippen molar-refractivity contribution >= 4 is 21.4 Å². The monoisotopic (exact) mass is 408 g/mol. The maximum Gasteiger partial charge on any atom is 0.197 e. The lowest BCUT2D eigenvalue weighted by molar-refractivity contribution is -0.170. The average molecular weight is 408 g/mol. The molecule has 1 aromatic carbocycles. The van der Waals surface area contributed by atoms with Gasteiger partial charge in [0.1, 0.15) is 11.7 Å². The topological polar surface area (TPSA) is 107 Å². The normalized spacial score (nSPS) is 28.3. The molecule has 1 aromatic rings. The Balaban J connectivity index is 1.91. The van der Waals surface area contributed by atoms with Gasteiger partial charge in [-0.05, 0) is 43.9 Å². The molecule has 1 N–H and O–H groups in total. The van der Waals surface area contributed by atoms with E-state index in [0.29, 0.717) is 42.7 Å². The smallest absolute Gasteiger partial charge is 0.197 e. The molecule has 28 heavy (non-hydrogen) atoms. The zero-order valence-corrected chi connectivity index (χ0v) is 16.8. The Morgan fingerprint density at radius 1 is 1.25 bits per heavy atom. The molecule has 3 aliphatic rings. The number of benzene rings is 1. The van der Waals surface area contributed by atoms with Crippen LogP contribution in [0.1, 0.15) is 52.7 Å². The Kier molecular flexibility index (Phi) is 4.73. The molecule has 2 fully saturated rings. The fourth-order valence-electron chi connectivity index (χ4n) is 4.76. The summed E-state index contributed by atoms with van der Waals surface area (Å²) in [6, 6.07) is 1.52. The Labute approximate surface area is 163 Å². The van der Waals surface area contributed by atoms with Crippen LogP contribution in [0.2, 0.25) is 0 Å². The molecule has 2 heterocycles. The highest BCUT2D eigenvalue weighted by Gasteiger charge is 2.49. The van der Waals surface area contributed by atoms with Gasteiger partial charge < -0.3 is 14.6 Å². The van der Waals surface area contributed by atoms with Crippen molar-refractivity contribution in [2.45, 2.75) is 56.3 Å². The number of carbonyl (C=O) groups excluding carboxylic acids is 2. The zero-order valence-electron chi connectivity index (χ0n) is 16.0. The summed E-state index contributed by atoms with van der Waals surface area (Å²) in [5, 5.41) is 10.3. The van der Waals surface area contributed by atoms with E-state index in [1.165, 1.54) is 6.07 Å². The molecule has 0 amide bonds. The second kappa shape index (κ2) is 6.73. The Morgan fingerprint density at radius 2 is 1.93 bits per heavy atom. The van der Waals surface area contributed by atoms with Crippen molar-refractivity contribution in [1.82, 2.24) is 0 Å². The van der Waals surface area contributed by atoms with Crippen LogP contribution in [0.4, 0.5) is 0 Å². The molecular weight excluding hydrogens is 384 g/mol. The molecule has 2 atom stereocenters. The summed E-state index contributed by atoms with van der Waals surface area (Å²) in [4.78, 5) is 25.7. The number of ether oxygens (including phenoxy) is 2. The van der Waals surface area contributed by atoms with E-state index in [1.54, 1.807) is 13.8 Å². The third-order valence-corrected chi connectivity index (χ3v) is 7.96. The van der Waals surface area contributed by atoms with Crippen LogP contribution < -0.4 is 0 Å². The molecule has 2 unspecified atom stereocenters. The molecule has 1 aliphatic carbocycles. The zero-order chi connectivity index (χ0) is 20.3. The lowest BCUT2D eigenvalue weighted by atomic mass is 9.78. The van der Waals surface area contributed by atoms with Crippen molar-refractivity contribution in [3.63, 3.8) is 0 Å². The minimum Gasteiger partial charge on any atom is -0.392 e. The van der Waals surface area contributed by atoms with E-state index in [0.717, 1.165) is 0 Å². The predicted octanol–water partition coefficient (Wildman–Crippen LogP) is 1.59. The van der Waals surface area contributed by atoms with E-state index >= 15 is 0 Å². The van der Waals surface area contributed by atoms with E-state index < -0.39 is 33.4 Å². The molecule has 7 nitrogen and oxygen atoms in total. The van der Waals surface area contributed by atoms with Crippen molar-refractivity contribution in [3.8, 4) is 0 Å². The first-order valence-electron chi connectivity index (χ1n) is 9.58. The summed E-state index contributed by atoms with van der Waals surface area (Å²) in [5.74, 6) is -3.11. The van der Waals surface area contributed by atoms with E-state index in [9.17, 15) is 23.1 Å². The number of aryl methyl sites for hydroxylation is 1. The predicted molar refractivity (Wildman–Crippen MR) is 98.9 cm³/mol. The number of aliphatic hydroxyl groups is 1. The first kappa shape index (κ1) is 19.7. The van der Waals surface area contributed by atoms with Crippen LogP contribution in [0.3, 0.4) is 0 Å². The fraction of sp³-hybridized carbons (Fsp3) is 0.600. The molecule has 1 spiro atoms. The van der Waals surface area contributed by atoms with Gasteiger partial charge >= 0.3 is 0 Å². The summed E-state index contributed by atoms with van der Waals surface area (Å²) in [6.45, 7) is 3.99. The molecule has 4 rings (SSSR count). The fourth-order valence-corrected chi connectivity index (χ4v) is 6.67.